The molecule has 4 N–H and O–H groups in total. The summed E-state index contributed by atoms with van der Waals surface area (Å²) in [5.41, 5.74) is 0. The summed E-state index contributed by atoms with van der Waals surface area (Å²) in [5.74, 6) is 0.0366. The van der Waals surface area contributed by atoms with Crippen molar-refractivity contribution >= 4 is 23.0 Å². The van der Waals surface area contributed by atoms with Crippen molar-refractivity contribution < 1.29 is 33.3 Å². The Labute approximate surface area is 165 Å². The van der Waals surface area contributed by atoms with Crippen LogP contribution in [0.15, 0.2) is 0 Å². The molecule has 0 rings (SSSR count). The maximum atomic E-state index is 12.3. The predicted octanol–water partition coefficient (Wildman–Crippen LogP) is 5.55. The fourth-order valence-corrected chi connectivity index (χ4v) is 6.83. The van der Waals surface area contributed by atoms with Gasteiger partial charge in [0.15, 0.2) is 5.90 Å². The Morgan fingerprint density at radius 3 is 1.26 bits per heavy atom. The maximum Gasteiger partial charge on any atom is 0.339 e. The number of hydrogen-bond acceptors (Lipinski definition) is 3. The van der Waals surface area contributed by atoms with Gasteiger partial charge in [-0.25, -0.2) is 0 Å². The van der Waals surface area contributed by atoms with Crippen LogP contribution in [0.5, 0.6) is 0 Å². The van der Waals surface area contributed by atoms with Crippen LogP contribution in [0.3, 0.4) is 0 Å². The van der Waals surface area contributed by atoms with Crippen LogP contribution in [-0.4, -0.2) is 37.8 Å². The third kappa shape index (κ3) is 22.6. The summed E-state index contributed by atoms with van der Waals surface area (Å²) in [4.78, 5) is 31.9. The molecule has 0 aliphatic heterocycles. The molecule has 27 heavy (non-hydrogen) atoms. The molecule has 10 heteroatoms. The molecule has 0 aromatic rings. The smallest absolute Gasteiger partial charge is 0.324 e. The first-order valence-electron chi connectivity index (χ1n) is 9.89. The highest BCUT2D eigenvalue weighted by Crippen LogP contribution is 2.51. The van der Waals surface area contributed by atoms with Crippen LogP contribution >= 0.6 is 23.0 Å². The average Bonchev–Trinajstić information content (AvgIpc) is 2.52. The summed E-state index contributed by atoms with van der Waals surface area (Å²) in [6, 6.07) is 0. The Morgan fingerprint density at radius 2 is 1.07 bits per heavy atom. The Balaban J connectivity index is 0. The Hall–Kier alpha value is 0.400. The zero-order chi connectivity index (χ0) is 21.5. The molecule has 0 saturated carbocycles. The first-order chi connectivity index (χ1) is 12.4. The van der Waals surface area contributed by atoms with Crippen LogP contribution in [-0.2, 0) is 13.7 Å². The fraction of sp³-hybridized carbons (Fsp3) is 1.00. The highest BCUT2D eigenvalue weighted by Gasteiger charge is 2.27. The highest BCUT2D eigenvalue weighted by atomic mass is 31.2. The molecule has 0 saturated heterocycles. The van der Waals surface area contributed by atoms with Gasteiger partial charge in [0.2, 0.25) is 0 Å². The van der Waals surface area contributed by atoms with Gasteiger partial charge in [0.05, 0.1) is 0 Å². The quantitative estimate of drug-likeness (QED) is 0.256. The lowest BCUT2D eigenvalue weighted by Gasteiger charge is -2.11. The van der Waals surface area contributed by atoms with E-state index in [1.54, 1.807) is 0 Å². The molecular formula is C17H40O7P3+. The van der Waals surface area contributed by atoms with E-state index >= 15 is 0 Å². The van der Waals surface area contributed by atoms with Crippen molar-refractivity contribution in [2.75, 3.05) is 18.2 Å². The first-order valence-corrected chi connectivity index (χ1v) is 15.1. The molecule has 0 aromatic heterocycles. The normalized spacial score (nSPS) is 14.9. The zero-order valence-electron chi connectivity index (χ0n) is 17.3. The SMILES string of the molecule is CCCCC(CC)C[P+](=O)CC(CC)CCCC.O=P(O)(O)CP(=O)(O)O. The second kappa shape index (κ2) is 16.2. The van der Waals surface area contributed by atoms with Crippen LogP contribution < -0.4 is 0 Å². The topological polar surface area (TPSA) is 132 Å². The molecule has 2 unspecified atom stereocenters. The molecule has 0 heterocycles. The molecule has 164 valence electrons. The van der Waals surface area contributed by atoms with Gasteiger partial charge in [-0.3, -0.25) is 9.13 Å². The van der Waals surface area contributed by atoms with Crippen molar-refractivity contribution in [2.45, 2.75) is 79.1 Å². The number of hydrogen-bond donors (Lipinski definition) is 4. The molecular weight excluding hydrogens is 409 g/mol. The van der Waals surface area contributed by atoms with Crippen LogP contribution in [0, 0.1) is 11.8 Å². The third-order valence-corrected chi connectivity index (χ3v) is 9.17. The van der Waals surface area contributed by atoms with E-state index in [1.807, 2.05) is 0 Å². The molecule has 0 aromatic carbocycles. The summed E-state index contributed by atoms with van der Waals surface area (Å²) < 4.78 is 32.0. The van der Waals surface area contributed by atoms with Crippen LogP contribution in [0.4, 0.5) is 0 Å². The molecule has 7 nitrogen and oxygen atoms in total. The Bertz CT molecular complexity index is 433. The van der Waals surface area contributed by atoms with E-state index in [2.05, 4.69) is 27.7 Å². The van der Waals surface area contributed by atoms with Crippen molar-refractivity contribution in [1.29, 1.82) is 0 Å². The molecule has 0 spiro atoms. The van der Waals surface area contributed by atoms with Gasteiger partial charge in [-0.2, -0.15) is 0 Å². The van der Waals surface area contributed by atoms with E-state index in [0.29, 0.717) is 11.8 Å². The lowest BCUT2D eigenvalue weighted by atomic mass is 10.0. The minimum atomic E-state index is -4.55. The van der Waals surface area contributed by atoms with Gasteiger partial charge in [-0.1, -0.05) is 57.9 Å². The molecule has 0 bridgehead atoms. The molecule has 0 aliphatic carbocycles. The zero-order valence-corrected chi connectivity index (χ0v) is 20.0. The van der Waals surface area contributed by atoms with Crippen molar-refractivity contribution in [2.24, 2.45) is 11.8 Å². The Morgan fingerprint density at radius 1 is 0.741 bits per heavy atom. The van der Waals surface area contributed by atoms with E-state index in [0.717, 1.165) is 12.3 Å². The molecule has 0 radical (unpaired) electrons. The highest BCUT2D eigenvalue weighted by molar-refractivity contribution is 7.69. The average molecular weight is 449 g/mol. The van der Waals surface area contributed by atoms with Crippen molar-refractivity contribution in [1.82, 2.24) is 0 Å². The summed E-state index contributed by atoms with van der Waals surface area (Å²) in [6.45, 7) is 8.98. The molecule has 0 aliphatic rings. The van der Waals surface area contributed by atoms with E-state index < -0.39 is 28.9 Å². The largest absolute Gasteiger partial charge is 0.339 e. The van der Waals surface area contributed by atoms with Crippen LogP contribution in [0.25, 0.3) is 0 Å². The van der Waals surface area contributed by atoms with E-state index in [4.69, 9.17) is 19.6 Å². The molecule has 0 amide bonds. The Kier molecular flexibility index (Phi) is 17.8. The van der Waals surface area contributed by atoms with Crippen molar-refractivity contribution in [3.05, 3.63) is 0 Å². The summed E-state index contributed by atoms with van der Waals surface area (Å²) in [5, 5.41) is 0. The van der Waals surface area contributed by atoms with Gasteiger partial charge in [0, 0.05) is 11.8 Å². The van der Waals surface area contributed by atoms with E-state index in [9.17, 15) is 13.7 Å². The molecule has 0 fully saturated rings. The second-order valence-electron chi connectivity index (χ2n) is 7.15. The standard InChI is InChI=1S/C16H34OP.CH6O6P2/c1-5-9-11-15(7-3)13-18(17)14-16(8-4)12-10-6-2;2-8(3,4)1-9(5,6)7/h15-16H,5-14H2,1-4H3;1H2,(H2,2,3,4)(H2,5,6,7)/q+1;. The van der Waals surface area contributed by atoms with Gasteiger partial charge in [-0.05, 0) is 25.7 Å². The lowest BCUT2D eigenvalue weighted by Crippen LogP contribution is -2.07. The van der Waals surface area contributed by atoms with Gasteiger partial charge in [0.1, 0.15) is 12.3 Å². The van der Waals surface area contributed by atoms with Crippen molar-refractivity contribution in [3.63, 3.8) is 0 Å². The molecule has 2 atom stereocenters. The number of rotatable bonds is 14. The maximum absolute atomic E-state index is 12.3. The monoisotopic (exact) mass is 449 g/mol. The first kappa shape index (κ1) is 29.6. The van der Waals surface area contributed by atoms with Crippen molar-refractivity contribution in [3.8, 4) is 0 Å². The number of unbranched alkanes of at least 4 members (excludes halogenated alkanes) is 2. The van der Waals surface area contributed by atoms with Gasteiger partial charge in [0.25, 0.3) is 0 Å². The lowest BCUT2D eigenvalue weighted by molar-refractivity contribution is 0.357. The second-order valence-corrected chi connectivity index (χ2v) is 12.6. The van der Waals surface area contributed by atoms with Gasteiger partial charge < -0.3 is 19.6 Å². The van der Waals surface area contributed by atoms with Crippen LogP contribution in [0.2, 0.25) is 0 Å². The van der Waals surface area contributed by atoms with Crippen LogP contribution in [0.1, 0.15) is 79.1 Å². The van der Waals surface area contributed by atoms with Gasteiger partial charge in [-0.15, -0.1) is 0 Å². The minimum Gasteiger partial charge on any atom is -0.324 e. The van der Waals surface area contributed by atoms with E-state index in [-0.39, 0.29) is 0 Å². The van der Waals surface area contributed by atoms with Gasteiger partial charge >= 0.3 is 23.0 Å². The minimum absolute atomic E-state index is 0.706. The fourth-order valence-electron chi connectivity index (χ4n) is 2.73. The van der Waals surface area contributed by atoms with E-state index in [1.165, 1.54) is 51.4 Å². The third-order valence-electron chi connectivity index (χ3n) is 4.38. The summed E-state index contributed by atoms with van der Waals surface area (Å²) >= 11 is 0. The summed E-state index contributed by atoms with van der Waals surface area (Å²) in [7, 11) is -10.1. The predicted molar refractivity (Wildman–Crippen MR) is 113 cm³/mol. The summed E-state index contributed by atoms with van der Waals surface area (Å²) in [6.07, 6.45) is 12.0.